The number of aryl methyl sites for hydroxylation is 2. The molecule has 2 aromatic heterocycles. The van der Waals surface area contributed by atoms with Crippen LogP contribution in [0.25, 0.3) is 11.5 Å². The Hall–Kier alpha value is -3.47. The van der Waals surface area contributed by atoms with Crippen molar-refractivity contribution in [3.63, 3.8) is 0 Å². The first-order valence-electron chi connectivity index (χ1n) is 7.57. The number of anilines is 1. The van der Waals surface area contributed by atoms with Crippen LogP contribution in [0.2, 0.25) is 0 Å². The summed E-state index contributed by atoms with van der Waals surface area (Å²) in [5, 5.41) is 11.6. The molecule has 3 rings (SSSR count). The Labute approximate surface area is 153 Å². The van der Waals surface area contributed by atoms with E-state index in [-0.39, 0.29) is 16.3 Å². The van der Waals surface area contributed by atoms with Crippen molar-refractivity contribution >= 4 is 21.8 Å². The molecule has 3 aromatic rings. The van der Waals surface area contributed by atoms with E-state index in [4.69, 9.17) is 14.3 Å². The standard InChI is InChI=1S/C16H14N4O6S/c1-9-3-6-11(7-4-9)27(23,24)26-15-14(20(21)22)13(18-16(17)19-15)12-8-5-10(2)25-12/h3-8H,1-2H3,(H2,17,18,19). The van der Waals surface area contributed by atoms with E-state index >= 15 is 0 Å². The van der Waals surface area contributed by atoms with Crippen molar-refractivity contribution in [2.75, 3.05) is 5.73 Å². The second kappa shape index (κ2) is 6.68. The van der Waals surface area contributed by atoms with Gasteiger partial charge in [-0.1, -0.05) is 17.7 Å². The highest BCUT2D eigenvalue weighted by Gasteiger charge is 2.32. The maximum Gasteiger partial charge on any atom is 0.361 e. The second-order valence-electron chi connectivity index (χ2n) is 5.60. The Morgan fingerprint density at radius 2 is 1.78 bits per heavy atom. The monoisotopic (exact) mass is 390 g/mol. The van der Waals surface area contributed by atoms with E-state index in [1.165, 1.54) is 18.2 Å². The maximum atomic E-state index is 12.5. The predicted octanol–water partition coefficient (Wildman–Crippen LogP) is 2.61. The number of nitrogen functional groups attached to an aromatic ring is 1. The SMILES string of the molecule is Cc1ccc(S(=O)(=O)Oc2nc(N)nc(-c3ccc(C)o3)c2[N+](=O)[O-])cc1. The number of hydrogen-bond acceptors (Lipinski definition) is 9. The number of benzene rings is 1. The van der Waals surface area contributed by atoms with Gasteiger partial charge in [0.25, 0.3) is 0 Å². The summed E-state index contributed by atoms with van der Waals surface area (Å²) in [6.07, 6.45) is 0. The van der Waals surface area contributed by atoms with Crippen LogP contribution in [0.5, 0.6) is 5.88 Å². The van der Waals surface area contributed by atoms with Crippen molar-refractivity contribution in [2.24, 2.45) is 0 Å². The smallest absolute Gasteiger partial charge is 0.361 e. The first-order chi connectivity index (χ1) is 12.7. The Kier molecular flexibility index (Phi) is 4.54. The molecule has 0 aliphatic heterocycles. The first kappa shape index (κ1) is 18.3. The van der Waals surface area contributed by atoms with Crippen molar-refractivity contribution in [3.05, 3.63) is 57.8 Å². The van der Waals surface area contributed by atoms with E-state index in [0.29, 0.717) is 5.76 Å². The first-order valence-corrected chi connectivity index (χ1v) is 8.98. The van der Waals surface area contributed by atoms with Crippen molar-refractivity contribution in [1.82, 2.24) is 9.97 Å². The van der Waals surface area contributed by atoms with Gasteiger partial charge in [-0.3, -0.25) is 10.1 Å². The number of aromatic nitrogens is 2. The molecule has 0 atom stereocenters. The summed E-state index contributed by atoms with van der Waals surface area (Å²) in [6, 6.07) is 8.78. The van der Waals surface area contributed by atoms with Crippen molar-refractivity contribution in [3.8, 4) is 17.3 Å². The van der Waals surface area contributed by atoms with Gasteiger partial charge in [0.15, 0.2) is 11.5 Å². The fourth-order valence-corrected chi connectivity index (χ4v) is 3.15. The summed E-state index contributed by atoms with van der Waals surface area (Å²) in [7, 11) is -4.38. The number of nitro groups is 1. The lowest BCUT2D eigenvalue weighted by atomic mass is 10.2. The summed E-state index contributed by atoms with van der Waals surface area (Å²) in [5.74, 6) is -0.687. The molecular weight excluding hydrogens is 376 g/mol. The van der Waals surface area contributed by atoms with E-state index < -0.39 is 32.6 Å². The third kappa shape index (κ3) is 3.72. The molecule has 0 saturated heterocycles. The van der Waals surface area contributed by atoms with Gasteiger partial charge in [-0.15, -0.1) is 0 Å². The number of furan rings is 1. The molecule has 0 spiro atoms. The van der Waals surface area contributed by atoms with E-state index in [1.807, 2.05) is 0 Å². The van der Waals surface area contributed by atoms with Gasteiger partial charge in [-0.05, 0) is 38.1 Å². The molecular formula is C16H14N4O6S. The van der Waals surface area contributed by atoms with Crippen LogP contribution in [0.4, 0.5) is 11.6 Å². The normalized spacial score (nSPS) is 11.3. The molecule has 2 heterocycles. The molecule has 0 bridgehead atoms. The molecule has 0 radical (unpaired) electrons. The van der Waals surface area contributed by atoms with Crippen molar-refractivity contribution in [2.45, 2.75) is 18.7 Å². The summed E-state index contributed by atoms with van der Waals surface area (Å²) >= 11 is 0. The highest BCUT2D eigenvalue weighted by atomic mass is 32.2. The Morgan fingerprint density at radius 3 is 2.33 bits per heavy atom. The highest BCUT2D eigenvalue weighted by molar-refractivity contribution is 7.87. The number of nitrogens with two attached hydrogens (primary N) is 1. The number of nitrogens with zero attached hydrogens (tertiary/aromatic N) is 3. The Bertz CT molecular complexity index is 1120. The molecule has 0 amide bonds. The molecule has 140 valence electrons. The van der Waals surface area contributed by atoms with Gasteiger partial charge in [0, 0.05) is 0 Å². The summed E-state index contributed by atoms with van der Waals surface area (Å²) in [4.78, 5) is 17.9. The molecule has 27 heavy (non-hydrogen) atoms. The molecule has 0 fully saturated rings. The molecule has 0 aliphatic rings. The average Bonchev–Trinajstić information content (AvgIpc) is 3.00. The van der Waals surface area contributed by atoms with E-state index in [0.717, 1.165) is 5.56 Å². The van der Waals surface area contributed by atoms with Gasteiger partial charge in [0.2, 0.25) is 5.95 Å². The van der Waals surface area contributed by atoms with Crippen LogP contribution in [0, 0.1) is 24.0 Å². The van der Waals surface area contributed by atoms with Gasteiger partial charge >= 0.3 is 21.7 Å². The number of hydrogen-bond donors (Lipinski definition) is 1. The third-order valence-electron chi connectivity index (χ3n) is 3.52. The van der Waals surface area contributed by atoms with Gasteiger partial charge in [-0.2, -0.15) is 13.4 Å². The van der Waals surface area contributed by atoms with Gasteiger partial charge < -0.3 is 14.3 Å². The van der Waals surface area contributed by atoms with Crippen LogP contribution in [0.15, 0.2) is 45.7 Å². The van der Waals surface area contributed by atoms with E-state index in [9.17, 15) is 18.5 Å². The quantitative estimate of drug-likeness (QED) is 0.393. The Balaban J connectivity index is 2.14. The lowest BCUT2D eigenvalue weighted by molar-refractivity contribution is -0.385. The van der Waals surface area contributed by atoms with Gasteiger partial charge in [-0.25, -0.2) is 4.98 Å². The zero-order chi connectivity index (χ0) is 19.8. The van der Waals surface area contributed by atoms with Crippen LogP contribution >= 0.6 is 0 Å². The fraction of sp³-hybridized carbons (Fsp3) is 0.125. The number of rotatable bonds is 5. The zero-order valence-electron chi connectivity index (χ0n) is 14.2. The van der Waals surface area contributed by atoms with Crippen LogP contribution in [0.3, 0.4) is 0 Å². The molecule has 11 heteroatoms. The van der Waals surface area contributed by atoms with Crippen LogP contribution in [0.1, 0.15) is 11.3 Å². The zero-order valence-corrected chi connectivity index (χ0v) is 15.1. The molecule has 10 nitrogen and oxygen atoms in total. The fourth-order valence-electron chi connectivity index (χ4n) is 2.26. The minimum atomic E-state index is -4.38. The molecule has 0 saturated carbocycles. The van der Waals surface area contributed by atoms with E-state index in [1.54, 1.807) is 32.0 Å². The van der Waals surface area contributed by atoms with Crippen LogP contribution in [-0.4, -0.2) is 23.3 Å². The average molecular weight is 390 g/mol. The van der Waals surface area contributed by atoms with Crippen molar-refractivity contribution in [1.29, 1.82) is 0 Å². The van der Waals surface area contributed by atoms with E-state index in [2.05, 4.69) is 9.97 Å². The Morgan fingerprint density at radius 1 is 1.11 bits per heavy atom. The lowest BCUT2D eigenvalue weighted by Crippen LogP contribution is -2.14. The maximum absolute atomic E-state index is 12.5. The van der Waals surface area contributed by atoms with Gasteiger partial charge in [0.1, 0.15) is 10.7 Å². The lowest BCUT2D eigenvalue weighted by Gasteiger charge is -2.09. The highest BCUT2D eigenvalue weighted by Crippen LogP contribution is 2.37. The third-order valence-corrected chi connectivity index (χ3v) is 4.75. The topological polar surface area (TPSA) is 151 Å². The van der Waals surface area contributed by atoms with Crippen molar-refractivity contribution < 1.29 is 21.9 Å². The van der Waals surface area contributed by atoms with Gasteiger partial charge in [0.05, 0.1) is 4.92 Å². The molecule has 1 aromatic carbocycles. The summed E-state index contributed by atoms with van der Waals surface area (Å²) in [5.41, 5.74) is 5.37. The largest absolute Gasteiger partial charge is 0.459 e. The van der Waals surface area contributed by atoms with Crippen LogP contribution < -0.4 is 9.92 Å². The molecule has 2 N–H and O–H groups in total. The molecule has 0 aliphatic carbocycles. The summed E-state index contributed by atoms with van der Waals surface area (Å²) < 4.78 is 35.2. The predicted molar refractivity (Wildman–Crippen MR) is 94.5 cm³/mol. The minimum Gasteiger partial charge on any atom is -0.459 e. The van der Waals surface area contributed by atoms with Crippen LogP contribution in [-0.2, 0) is 10.1 Å². The molecule has 0 unspecified atom stereocenters. The minimum absolute atomic E-state index is 0.0332. The summed E-state index contributed by atoms with van der Waals surface area (Å²) in [6.45, 7) is 3.42. The second-order valence-corrected chi connectivity index (χ2v) is 7.15.